The number of rotatable bonds is 4. The normalized spacial score (nSPS) is 22.7. The quantitative estimate of drug-likeness (QED) is 0.360. The molecule has 0 aromatic carbocycles. The van der Waals surface area contributed by atoms with Gasteiger partial charge in [0.05, 0.1) is 11.8 Å². The van der Waals surface area contributed by atoms with Crippen molar-refractivity contribution in [1.82, 2.24) is 4.90 Å². The van der Waals surface area contributed by atoms with Crippen LogP contribution in [-0.4, -0.2) is 41.1 Å². The molecule has 1 heterocycles. The number of likely N-dealkylation sites (tertiary alicyclic amines) is 1. The minimum Gasteiger partial charge on any atom is -0.409 e. The summed E-state index contributed by atoms with van der Waals surface area (Å²) in [6.07, 6.45) is -2.98. The number of nitrogens with two attached hydrogens (primary N) is 1. The monoisotopic (exact) mass is 295 g/mol. The van der Waals surface area contributed by atoms with Crippen LogP contribution in [0.1, 0.15) is 32.6 Å². The van der Waals surface area contributed by atoms with Crippen LogP contribution in [-0.2, 0) is 4.79 Å². The third kappa shape index (κ3) is 4.01. The van der Waals surface area contributed by atoms with Gasteiger partial charge in [-0.25, -0.2) is 0 Å². The molecule has 0 spiro atoms. The molecule has 0 saturated carbocycles. The molecule has 1 saturated heterocycles. The van der Waals surface area contributed by atoms with E-state index in [1.165, 1.54) is 4.90 Å². The zero-order valence-electron chi connectivity index (χ0n) is 11.4. The average Bonchev–Trinajstić information content (AvgIpc) is 2.42. The summed E-state index contributed by atoms with van der Waals surface area (Å²) in [5, 5.41) is 11.5. The van der Waals surface area contributed by atoms with Gasteiger partial charge in [0, 0.05) is 13.1 Å². The predicted molar refractivity (Wildman–Crippen MR) is 67.2 cm³/mol. The second kappa shape index (κ2) is 6.81. The highest BCUT2D eigenvalue weighted by Crippen LogP contribution is 2.33. The van der Waals surface area contributed by atoms with Crippen LogP contribution in [0.3, 0.4) is 0 Å². The molecule has 0 aromatic heterocycles. The summed E-state index contributed by atoms with van der Waals surface area (Å²) in [6, 6.07) is 0. The molecule has 1 aliphatic rings. The van der Waals surface area contributed by atoms with Crippen LogP contribution in [0.4, 0.5) is 13.2 Å². The molecule has 3 N–H and O–H groups in total. The molecule has 0 aliphatic carbocycles. The van der Waals surface area contributed by atoms with Crippen molar-refractivity contribution in [2.75, 3.05) is 13.1 Å². The lowest BCUT2D eigenvalue weighted by Crippen LogP contribution is -2.49. The molecule has 0 bridgehead atoms. The van der Waals surface area contributed by atoms with Gasteiger partial charge < -0.3 is 15.8 Å². The van der Waals surface area contributed by atoms with E-state index >= 15 is 0 Å². The maximum absolute atomic E-state index is 12.7. The van der Waals surface area contributed by atoms with Gasteiger partial charge in [0.1, 0.15) is 0 Å². The second-order valence-electron chi connectivity index (χ2n) is 5.03. The first-order valence-electron chi connectivity index (χ1n) is 6.64. The van der Waals surface area contributed by atoms with E-state index in [1.807, 2.05) is 6.92 Å². The molecule has 1 rings (SSSR count). The van der Waals surface area contributed by atoms with Crippen molar-refractivity contribution in [3.63, 3.8) is 0 Å². The number of hydrogen-bond acceptors (Lipinski definition) is 3. The smallest absolute Gasteiger partial charge is 0.393 e. The predicted octanol–water partition coefficient (Wildman–Crippen LogP) is 1.95. The molecule has 20 heavy (non-hydrogen) atoms. The number of piperidine rings is 1. The first-order valence-corrected chi connectivity index (χ1v) is 6.64. The summed E-state index contributed by atoms with van der Waals surface area (Å²) in [5.41, 5.74) is 5.46. The van der Waals surface area contributed by atoms with Crippen LogP contribution >= 0.6 is 0 Å². The van der Waals surface area contributed by atoms with Crippen LogP contribution in [0, 0.1) is 11.8 Å². The standard InChI is InChI=1S/C12H20F3N3O2/c1-2-4-9(10(16)17-20)11(19)18-6-3-5-8(7-18)12(13,14)15/h8-9,20H,2-7H2,1H3,(H2,16,17). The minimum atomic E-state index is -4.30. The molecule has 1 amide bonds. The maximum Gasteiger partial charge on any atom is 0.393 e. The number of oxime groups is 1. The Hall–Kier alpha value is -1.47. The Balaban J connectivity index is 2.79. The van der Waals surface area contributed by atoms with E-state index in [4.69, 9.17) is 10.9 Å². The number of nitrogens with zero attached hydrogens (tertiary/aromatic N) is 2. The van der Waals surface area contributed by atoms with E-state index in [1.54, 1.807) is 0 Å². The first kappa shape index (κ1) is 16.6. The third-order valence-corrected chi connectivity index (χ3v) is 3.54. The molecule has 0 radical (unpaired) electrons. The molecule has 116 valence electrons. The number of alkyl halides is 3. The van der Waals surface area contributed by atoms with E-state index < -0.39 is 23.9 Å². The number of amidine groups is 1. The number of amides is 1. The van der Waals surface area contributed by atoms with Gasteiger partial charge in [0.25, 0.3) is 0 Å². The van der Waals surface area contributed by atoms with Crippen molar-refractivity contribution in [2.45, 2.75) is 38.8 Å². The van der Waals surface area contributed by atoms with Crippen LogP contribution < -0.4 is 5.73 Å². The first-order chi connectivity index (χ1) is 9.31. The Bertz CT molecular complexity index is 371. The lowest BCUT2D eigenvalue weighted by atomic mass is 9.94. The molecular formula is C12H20F3N3O2. The van der Waals surface area contributed by atoms with Crippen molar-refractivity contribution in [1.29, 1.82) is 0 Å². The van der Waals surface area contributed by atoms with Crippen LogP contribution in [0.25, 0.3) is 0 Å². The number of hydrogen-bond donors (Lipinski definition) is 2. The molecule has 2 atom stereocenters. The summed E-state index contributed by atoms with van der Waals surface area (Å²) < 4.78 is 38.2. The maximum atomic E-state index is 12.7. The van der Waals surface area contributed by atoms with Crippen LogP contribution in [0.5, 0.6) is 0 Å². The van der Waals surface area contributed by atoms with Gasteiger partial charge in [0.2, 0.25) is 5.91 Å². The van der Waals surface area contributed by atoms with E-state index in [0.717, 1.165) is 0 Å². The Morgan fingerprint density at radius 2 is 2.20 bits per heavy atom. The fourth-order valence-corrected chi connectivity index (χ4v) is 2.42. The highest BCUT2D eigenvalue weighted by Gasteiger charge is 2.43. The zero-order valence-corrected chi connectivity index (χ0v) is 11.4. The average molecular weight is 295 g/mol. The molecule has 1 aliphatic heterocycles. The summed E-state index contributed by atoms with van der Waals surface area (Å²) in [6.45, 7) is 1.76. The topological polar surface area (TPSA) is 78.9 Å². The van der Waals surface area contributed by atoms with Gasteiger partial charge >= 0.3 is 6.18 Å². The summed E-state index contributed by atoms with van der Waals surface area (Å²) >= 11 is 0. The second-order valence-corrected chi connectivity index (χ2v) is 5.03. The lowest BCUT2D eigenvalue weighted by molar-refractivity contribution is -0.188. The van der Waals surface area contributed by atoms with Gasteiger partial charge in [-0.3, -0.25) is 4.79 Å². The van der Waals surface area contributed by atoms with Crippen molar-refractivity contribution >= 4 is 11.7 Å². The van der Waals surface area contributed by atoms with Gasteiger partial charge in [0.15, 0.2) is 5.84 Å². The van der Waals surface area contributed by atoms with Crippen molar-refractivity contribution in [3.05, 3.63) is 0 Å². The van der Waals surface area contributed by atoms with Crippen LogP contribution in [0.2, 0.25) is 0 Å². The molecule has 5 nitrogen and oxygen atoms in total. The number of carbonyl (C=O) groups is 1. The van der Waals surface area contributed by atoms with Crippen molar-refractivity contribution in [3.8, 4) is 0 Å². The van der Waals surface area contributed by atoms with Crippen molar-refractivity contribution < 1.29 is 23.2 Å². The largest absolute Gasteiger partial charge is 0.409 e. The number of carbonyl (C=O) groups excluding carboxylic acids is 1. The van der Waals surface area contributed by atoms with E-state index in [9.17, 15) is 18.0 Å². The molecular weight excluding hydrogens is 275 g/mol. The number of halogens is 3. The van der Waals surface area contributed by atoms with E-state index in [2.05, 4.69) is 5.16 Å². The van der Waals surface area contributed by atoms with Gasteiger partial charge in [-0.1, -0.05) is 18.5 Å². The van der Waals surface area contributed by atoms with Gasteiger partial charge in [-0.2, -0.15) is 13.2 Å². The summed E-state index contributed by atoms with van der Waals surface area (Å²) in [4.78, 5) is 13.4. The van der Waals surface area contributed by atoms with Crippen molar-refractivity contribution in [2.24, 2.45) is 22.7 Å². The van der Waals surface area contributed by atoms with E-state index in [0.29, 0.717) is 19.3 Å². The van der Waals surface area contributed by atoms with Crippen LogP contribution in [0.15, 0.2) is 5.16 Å². The lowest BCUT2D eigenvalue weighted by Gasteiger charge is -2.35. The Morgan fingerprint density at radius 1 is 1.55 bits per heavy atom. The highest BCUT2D eigenvalue weighted by atomic mass is 19.4. The fraction of sp³-hybridized carbons (Fsp3) is 0.833. The molecule has 1 fully saturated rings. The van der Waals surface area contributed by atoms with E-state index in [-0.39, 0.29) is 25.3 Å². The Labute approximate surface area is 115 Å². The molecule has 8 heteroatoms. The Kier molecular flexibility index (Phi) is 5.64. The third-order valence-electron chi connectivity index (χ3n) is 3.54. The molecule has 2 unspecified atom stereocenters. The Morgan fingerprint density at radius 3 is 2.70 bits per heavy atom. The zero-order chi connectivity index (χ0) is 15.3. The minimum absolute atomic E-state index is 0.0370. The van der Waals surface area contributed by atoms with Gasteiger partial charge in [-0.15, -0.1) is 0 Å². The summed E-state index contributed by atoms with van der Waals surface area (Å²) in [5.74, 6) is -3.08. The van der Waals surface area contributed by atoms with Gasteiger partial charge in [-0.05, 0) is 19.3 Å². The molecule has 0 aromatic rings. The summed E-state index contributed by atoms with van der Waals surface area (Å²) in [7, 11) is 0. The fourth-order valence-electron chi connectivity index (χ4n) is 2.42. The SMILES string of the molecule is CCCC(C(=O)N1CCCC(C(F)(F)F)C1)C(N)=NO. The highest BCUT2D eigenvalue weighted by molar-refractivity contribution is 6.02.